The van der Waals surface area contributed by atoms with Crippen LogP contribution in [-0.2, 0) is 16.6 Å². The summed E-state index contributed by atoms with van der Waals surface area (Å²) in [6.45, 7) is -0.198. The van der Waals surface area contributed by atoms with Crippen LogP contribution < -0.4 is 5.32 Å². The number of imidazole rings is 1. The molecule has 7 nitrogen and oxygen atoms in total. The van der Waals surface area contributed by atoms with Gasteiger partial charge in [-0.3, -0.25) is 4.79 Å². The number of methoxy groups -OCH3 is 1. The second-order valence-electron chi connectivity index (χ2n) is 3.14. The molecule has 0 aliphatic rings. The first-order chi connectivity index (χ1) is 7.56. The molecule has 88 valence electrons. The van der Waals surface area contributed by atoms with E-state index in [0.717, 1.165) is 7.11 Å². The van der Waals surface area contributed by atoms with Crippen LogP contribution in [0.1, 0.15) is 10.5 Å². The molecule has 1 unspecified atom stereocenters. The molecule has 1 atom stereocenters. The van der Waals surface area contributed by atoms with E-state index >= 15 is 0 Å². The Hall–Kier alpha value is -1.89. The minimum absolute atomic E-state index is 0.198. The summed E-state index contributed by atoms with van der Waals surface area (Å²) in [7, 11) is 2.83. The summed E-state index contributed by atoms with van der Waals surface area (Å²) in [4.78, 5) is 26.1. The number of carbonyl (C=O) groups excluding carboxylic acids is 2. The lowest BCUT2D eigenvalue weighted by atomic mass is 10.3. The molecule has 0 spiro atoms. The van der Waals surface area contributed by atoms with Gasteiger partial charge in [0.15, 0.2) is 6.10 Å². The Kier molecular flexibility index (Phi) is 4.01. The Bertz CT molecular complexity index is 388. The number of hydrogen-bond acceptors (Lipinski definition) is 5. The number of carbonyl (C=O) groups is 2. The van der Waals surface area contributed by atoms with Gasteiger partial charge < -0.3 is 19.7 Å². The number of hydrogen-bond donors (Lipinski definition) is 2. The molecule has 0 radical (unpaired) electrons. The van der Waals surface area contributed by atoms with Crippen LogP contribution >= 0.6 is 0 Å². The molecule has 1 rings (SSSR count). The molecule has 0 fully saturated rings. The molecule has 0 saturated carbocycles. The second kappa shape index (κ2) is 5.26. The summed E-state index contributed by atoms with van der Waals surface area (Å²) in [6, 6.07) is 0. The van der Waals surface area contributed by atoms with Crippen molar-refractivity contribution in [2.75, 3.05) is 13.7 Å². The number of ether oxygens (including phenoxy) is 1. The molecule has 16 heavy (non-hydrogen) atoms. The number of aromatic nitrogens is 2. The first-order valence-electron chi connectivity index (χ1n) is 4.56. The lowest BCUT2D eigenvalue weighted by molar-refractivity contribution is -0.149. The highest BCUT2D eigenvalue weighted by Crippen LogP contribution is 1.95. The maximum Gasteiger partial charge on any atom is 0.336 e. The van der Waals surface area contributed by atoms with E-state index in [-0.39, 0.29) is 6.54 Å². The molecule has 1 heterocycles. The van der Waals surface area contributed by atoms with Crippen molar-refractivity contribution in [2.24, 2.45) is 7.05 Å². The third kappa shape index (κ3) is 2.80. The van der Waals surface area contributed by atoms with Gasteiger partial charge in [-0.2, -0.15) is 0 Å². The maximum absolute atomic E-state index is 11.5. The van der Waals surface area contributed by atoms with Gasteiger partial charge in [0.2, 0.25) is 0 Å². The molecule has 0 aliphatic carbocycles. The number of esters is 1. The maximum atomic E-state index is 11.5. The average Bonchev–Trinajstić information content (AvgIpc) is 2.70. The lowest BCUT2D eigenvalue weighted by Crippen LogP contribution is -2.37. The smallest absolute Gasteiger partial charge is 0.336 e. The van der Waals surface area contributed by atoms with Gasteiger partial charge in [-0.25, -0.2) is 9.78 Å². The summed E-state index contributed by atoms with van der Waals surface area (Å²) in [6.07, 6.45) is 1.51. The van der Waals surface area contributed by atoms with Crippen LogP contribution in [0.5, 0.6) is 0 Å². The topological polar surface area (TPSA) is 93.4 Å². The van der Waals surface area contributed by atoms with Gasteiger partial charge >= 0.3 is 5.97 Å². The summed E-state index contributed by atoms with van der Waals surface area (Å²) in [5.74, 6) is -1.20. The highest BCUT2D eigenvalue weighted by molar-refractivity contribution is 5.92. The van der Waals surface area contributed by atoms with Gasteiger partial charge in [0.1, 0.15) is 5.69 Å². The number of aryl methyl sites for hydroxylation is 1. The van der Waals surface area contributed by atoms with Crippen LogP contribution in [-0.4, -0.2) is 46.3 Å². The van der Waals surface area contributed by atoms with Gasteiger partial charge in [-0.1, -0.05) is 0 Å². The van der Waals surface area contributed by atoms with E-state index in [1.165, 1.54) is 17.1 Å². The van der Waals surface area contributed by atoms with E-state index in [4.69, 9.17) is 0 Å². The Labute approximate surface area is 92.0 Å². The number of aliphatic hydroxyl groups is 1. The average molecular weight is 227 g/mol. The third-order valence-electron chi connectivity index (χ3n) is 1.98. The molecule has 2 N–H and O–H groups in total. The van der Waals surface area contributed by atoms with E-state index in [9.17, 15) is 14.7 Å². The zero-order chi connectivity index (χ0) is 12.1. The Morgan fingerprint density at radius 2 is 2.38 bits per heavy atom. The van der Waals surface area contributed by atoms with Crippen molar-refractivity contribution in [3.63, 3.8) is 0 Å². The monoisotopic (exact) mass is 227 g/mol. The highest BCUT2D eigenvalue weighted by atomic mass is 16.5. The van der Waals surface area contributed by atoms with Crippen molar-refractivity contribution in [2.45, 2.75) is 6.10 Å². The quantitative estimate of drug-likeness (QED) is 0.622. The molecule has 0 aromatic carbocycles. The zero-order valence-electron chi connectivity index (χ0n) is 9.01. The second-order valence-corrected chi connectivity index (χ2v) is 3.14. The van der Waals surface area contributed by atoms with E-state index < -0.39 is 18.0 Å². The van der Waals surface area contributed by atoms with Gasteiger partial charge in [-0.15, -0.1) is 0 Å². The Morgan fingerprint density at radius 1 is 1.69 bits per heavy atom. The molecule has 0 bridgehead atoms. The SMILES string of the molecule is COC(=O)C(O)CNC(=O)c1cncn1C. The number of nitrogens with zero attached hydrogens (tertiary/aromatic N) is 2. The molecule has 0 saturated heterocycles. The number of amides is 1. The van der Waals surface area contributed by atoms with Gasteiger partial charge in [-0.05, 0) is 0 Å². The summed E-state index contributed by atoms with van der Waals surface area (Å²) < 4.78 is 5.83. The number of aliphatic hydroxyl groups excluding tert-OH is 1. The van der Waals surface area contributed by atoms with E-state index in [0.29, 0.717) is 5.69 Å². The van der Waals surface area contributed by atoms with Crippen molar-refractivity contribution in [1.82, 2.24) is 14.9 Å². The van der Waals surface area contributed by atoms with Crippen LogP contribution in [0.15, 0.2) is 12.5 Å². The number of nitrogens with one attached hydrogen (secondary N) is 1. The minimum Gasteiger partial charge on any atom is -0.467 e. The molecule has 0 aliphatic heterocycles. The van der Waals surface area contributed by atoms with Gasteiger partial charge in [0, 0.05) is 7.05 Å². The Balaban J connectivity index is 2.48. The van der Waals surface area contributed by atoms with Crippen molar-refractivity contribution in [3.8, 4) is 0 Å². The van der Waals surface area contributed by atoms with Gasteiger partial charge in [0.25, 0.3) is 5.91 Å². The molecule has 1 amide bonds. The molecular weight excluding hydrogens is 214 g/mol. The van der Waals surface area contributed by atoms with Crippen LogP contribution in [0.4, 0.5) is 0 Å². The van der Waals surface area contributed by atoms with Crippen LogP contribution in [0, 0.1) is 0 Å². The zero-order valence-corrected chi connectivity index (χ0v) is 9.01. The van der Waals surface area contributed by atoms with Crippen LogP contribution in [0.2, 0.25) is 0 Å². The van der Waals surface area contributed by atoms with Gasteiger partial charge in [0.05, 0.1) is 26.2 Å². The largest absolute Gasteiger partial charge is 0.467 e. The first kappa shape index (κ1) is 12.2. The van der Waals surface area contributed by atoms with E-state index in [1.807, 2.05) is 0 Å². The lowest BCUT2D eigenvalue weighted by Gasteiger charge is -2.09. The van der Waals surface area contributed by atoms with Crippen LogP contribution in [0.25, 0.3) is 0 Å². The highest BCUT2D eigenvalue weighted by Gasteiger charge is 2.17. The number of rotatable bonds is 4. The fourth-order valence-corrected chi connectivity index (χ4v) is 1.08. The van der Waals surface area contributed by atoms with E-state index in [1.54, 1.807) is 7.05 Å². The predicted octanol–water partition coefficient (Wildman–Crippen LogP) is -1.32. The standard InChI is InChI=1S/C9H13N3O4/c1-12-5-10-3-6(12)8(14)11-4-7(13)9(15)16-2/h3,5,7,13H,4H2,1-2H3,(H,11,14). The molecule has 1 aromatic heterocycles. The van der Waals surface area contributed by atoms with Crippen molar-refractivity contribution >= 4 is 11.9 Å². The summed E-state index contributed by atoms with van der Waals surface area (Å²) >= 11 is 0. The van der Waals surface area contributed by atoms with Crippen LogP contribution in [0.3, 0.4) is 0 Å². The fourth-order valence-electron chi connectivity index (χ4n) is 1.08. The fraction of sp³-hybridized carbons (Fsp3) is 0.444. The normalized spacial score (nSPS) is 11.9. The van der Waals surface area contributed by atoms with E-state index in [2.05, 4.69) is 15.0 Å². The van der Waals surface area contributed by atoms with Crippen molar-refractivity contribution in [3.05, 3.63) is 18.2 Å². The molecule has 7 heteroatoms. The molecular formula is C9H13N3O4. The molecule has 1 aromatic rings. The summed E-state index contributed by atoms with van der Waals surface area (Å²) in [5, 5.41) is 11.6. The van der Waals surface area contributed by atoms with Crippen molar-refractivity contribution in [1.29, 1.82) is 0 Å². The minimum atomic E-state index is -1.36. The Morgan fingerprint density at radius 3 is 2.88 bits per heavy atom. The summed E-state index contributed by atoms with van der Waals surface area (Å²) in [5.41, 5.74) is 0.345. The third-order valence-corrected chi connectivity index (χ3v) is 1.98. The predicted molar refractivity (Wildman–Crippen MR) is 53.6 cm³/mol. The first-order valence-corrected chi connectivity index (χ1v) is 4.56. The van der Waals surface area contributed by atoms with Crippen molar-refractivity contribution < 1.29 is 19.4 Å².